The molecule has 0 aromatic carbocycles. The van der Waals surface area contributed by atoms with Crippen LogP contribution in [0.2, 0.25) is 0 Å². The van der Waals surface area contributed by atoms with Crippen molar-refractivity contribution in [2.45, 2.75) is 18.1 Å². The molecule has 9 heteroatoms. The fourth-order valence-corrected chi connectivity index (χ4v) is 1.70. The summed E-state index contributed by atoms with van der Waals surface area (Å²) in [4.78, 5) is 12.6. The maximum atomic E-state index is 12.5. The van der Waals surface area contributed by atoms with Gasteiger partial charge in [-0.25, -0.2) is 8.78 Å². The second-order valence-corrected chi connectivity index (χ2v) is 3.44. The largest absolute Gasteiger partial charge is 0.574 e. The molecule has 0 unspecified atom stereocenters. The lowest BCUT2D eigenvalue weighted by atomic mass is 10.1. The van der Waals surface area contributed by atoms with E-state index in [4.69, 9.17) is 0 Å². The zero-order chi connectivity index (χ0) is 13.2. The van der Waals surface area contributed by atoms with Gasteiger partial charge in [-0.2, -0.15) is 0 Å². The van der Waals surface area contributed by atoms with Gasteiger partial charge in [0.15, 0.2) is 0 Å². The van der Waals surface area contributed by atoms with Crippen molar-refractivity contribution in [3.05, 3.63) is 27.5 Å². The molecule has 3 nitrogen and oxygen atoms in total. The summed E-state index contributed by atoms with van der Waals surface area (Å²) < 4.78 is 64.4. The standard InChI is InChI=1S/C8H5BrF5NO2/c9-2-4-3(6(10)11)1-5(16)15-7(4)17-8(12,13)14/h1,6H,2H2,(H,15,16). The number of hydrogen-bond acceptors (Lipinski definition) is 2. The van der Waals surface area contributed by atoms with Crippen molar-refractivity contribution >= 4 is 15.9 Å². The maximum absolute atomic E-state index is 12.5. The second-order valence-electron chi connectivity index (χ2n) is 2.88. The van der Waals surface area contributed by atoms with E-state index < -0.39 is 35.4 Å². The summed E-state index contributed by atoms with van der Waals surface area (Å²) in [5.41, 5.74) is -2.34. The third-order valence-corrected chi connectivity index (χ3v) is 2.29. The summed E-state index contributed by atoms with van der Waals surface area (Å²) in [6, 6.07) is 0.532. The Balaban J connectivity index is 3.33. The quantitative estimate of drug-likeness (QED) is 0.686. The van der Waals surface area contributed by atoms with E-state index in [1.54, 1.807) is 4.98 Å². The van der Waals surface area contributed by atoms with Gasteiger partial charge in [0.25, 0.3) is 12.0 Å². The van der Waals surface area contributed by atoms with Gasteiger partial charge in [-0.3, -0.25) is 9.78 Å². The van der Waals surface area contributed by atoms with Gasteiger partial charge in [-0.05, 0) is 0 Å². The van der Waals surface area contributed by atoms with Gasteiger partial charge in [-0.15, -0.1) is 13.2 Å². The molecule has 0 aliphatic carbocycles. The molecular weight excluding hydrogens is 317 g/mol. The van der Waals surface area contributed by atoms with Crippen molar-refractivity contribution in [3.8, 4) is 5.88 Å². The van der Waals surface area contributed by atoms with Crippen LogP contribution in [-0.2, 0) is 5.33 Å². The minimum absolute atomic E-state index is 0.311. The molecule has 1 N–H and O–H groups in total. The van der Waals surface area contributed by atoms with Gasteiger partial charge in [-0.1, -0.05) is 15.9 Å². The van der Waals surface area contributed by atoms with Crippen LogP contribution in [0.1, 0.15) is 17.6 Å². The molecule has 0 amide bonds. The lowest BCUT2D eigenvalue weighted by Gasteiger charge is -2.14. The molecule has 0 bridgehead atoms. The lowest BCUT2D eigenvalue weighted by Crippen LogP contribution is -2.22. The molecule has 0 aliphatic rings. The predicted octanol–water partition coefficient (Wildman–Crippen LogP) is 3.11. The molecule has 0 aliphatic heterocycles. The monoisotopic (exact) mass is 321 g/mol. The van der Waals surface area contributed by atoms with Gasteiger partial charge in [0, 0.05) is 22.5 Å². The topological polar surface area (TPSA) is 42.1 Å². The maximum Gasteiger partial charge on any atom is 0.574 e. The van der Waals surface area contributed by atoms with E-state index in [9.17, 15) is 26.7 Å². The molecule has 0 fully saturated rings. The van der Waals surface area contributed by atoms with Crippen LogP contribution in [-0.4, -0.2) is 11.3 Å². The van der Waals surface area contributed by atoms with E-state index in [1.165, 1.54) is 0 Å². The van der Waals surface area contributed by atoms with Crippen molar-refractivity contribution in [3.63, 3.8) is 0 Å². The zero-order valence-corrected chi connectivity index (χ0v) is 9.53. The number of alkyl halides is 6. The minimum atomic E-state index is -5.07. The van der Waals surface area contributed by atoms with E-state index >= 15 is 0 Å². The highest BCUT2D eigenvalue weighted by Gasteiger charge is 2.33. The first-order chi connectivity index (χ1) is 7.74. The molecule has 0 saturated carbocycles. The average Bonchev–Trinajstić information content (AvgIpc) is 2.14. The van der Waals surface area contributed by atoms with Crippen molar-refractivity contribution in [2.24, 2.45) is 0 Å². The number of halogens is 6. The van der Waals surface area contributed by atoms with Gasteiger partial charge in [0.1, 0.15) is 0 Å². The van der Waals surface area contributed by atoms with Gasteiger partial charge >= 0.3 is 6.36 Å². The molecule has 1 rings (SSSR count). The number of ether oxygens (including phenoxy) is 1. The molecule has 0 atom stereocenters. The summed E-state index contributed by atoms with van der Waals surface area (Å²) in [5, 5.41) is -0.311. The number of pyridine rings is 1. The normalized spacial score (nSPS) is 11.9. The van der Waals surface area contributed by atoms with Crippen LogP contribution in [0, 0.1) is 0 Å². The van der Waals surface area contributed by atoms with Crippen LogP contribution in [0.4, 0.5) is 22.0 Å². The van der Waals surface area contributed by atoms with Crippen LogP contribution in [0.15, 0.2) is 10.9 Å². The van der Waals surface area contributed by atoms with E-state index in [0.29, 0.717) is 6.07 Å². The van der Waals surface area contributed by atoms with E-state index in [1.807, 2.05) is 0 Å². The van der Waals surface area contributed by atoms with Gasteiger partial charge in [0.2, 0.25) is 5.88 Å². The second kappa shape index (κ2) is 5.03. The third-order valence-electron chi connectivity index (χ3n) is 1.73. The van der Waals surface area contributed by atoms with Crippen LogP contribution in [0.3, 0.4) is 0 Å². The molecule has 1 aromatic heterocycles. The average molecular weight is 322 g/mol. The van der Waals surface area contributed by atoms with Crippen LogP contribution >= 0.6 is 15.9 Å². The highest BCUT2D eigenvalue weighted by Crippen LogP contribution is 2.31. The Labute approximate surface area is 99.7 Å². The van der Waals surface area contributed by atoms with Crippen molar-refractivity contribution in [2.75, 3.05) is 0 Å². The summed E-state index contributed by atoms with van der Waals surface area (Å²) in [5.74, 6) is -1.03. The first kappa shape index (κ1) is 13.9. The van der Waals surface area contributed by atoms with E-state index in [0.717, 1.165) is 0 Å². The highest BCUT2D eigenvalue weighted by atomic mass is 79.9. The van der Waals surface area contributed by atoms with Crippen molar-refractivity contribution in [1.82, 2.24) is 4.98 Å². The summed E-state index contributed by atoms with van der Waals surface area (Å²) in [6.45, 7) is 0. The number of rotatable bonds is 3. The van der Waals surface area contributed by atoms with Crippen molar-refractivity contribution < 1.29 is 26.7 Å². The van der Waals surface area contributed by atoms with Crippen LogP contribution in [0.25, 0.3) is 0 Å². The lowest BCUT2D eigenvalue weighted by molar-refractivity contribution is -0.276. The Morgan fingerprint density at radius 3 is 2.41 bits per heavy atom. The molecule has 0 radical (unpaired) electrons. The zero-order valence-electron chi connectivity index (χ0n) is 7.95. The fourth-order valence-electron chi connectivity index (χ4n) is 1.12. The minimum Gasteiger partial charge on any atom is -0.389 e. The van der Waals surface area contributed by atoms with Crippen LogP contribution in [0.5, 0.6) is 5.88 Å². The SMILES string of the molecule is O=c1cc(C(F)F)c(CBr)c(OC(F)(F)F)[nH]1. The Morgan fingerprint density at radius 2 is 2.00 bits per heavy atom. The molecule has 17 heavy (non-hydrogen) atoms. The fraction of sp³-hybridized carbons (Fsp3) is 0.375. The number of nitrogens with one attached hydrogen (secondary N) is 1. The van der Waals surface area contributed by atoms with Gasteiger partial charge < -0.3 is 4.74 Å². The molecule has 0 saturated heterocycles. The first-order valence-corrected chi connectivity index (χ1v) is 5.22. The van der Waals surface area contributed by atoms with E-state index in [2.05, 4.69) is 20.7 Å². The molecule has 1 aromatic rings. The third kappa shape index (κ3) is 3.69. The Hall–Kier alpha value is -1.12. The molecule has 1 heterocycles. The highest BCUT2D eigenvalue weighted by molar-refractivity contribution is 9.08. The van der Waals surface area contributed by atoms with Crippen molar-refractivity contribution in [1.29, 1.82) is 0 Å². The van der Waals surface area contributed by atoms with Crippen LogP contribution < -0.4 is 10.3 Å². The summed E-state index contributed by atoms with van der Waals surface area (Å²) >= 11 is 2.76. The number of hydrogen-bond donors (Lipinski definition) is 1. The number of aromatic nitrogens is 1. The molecular formula is C8H5BrF5NO2. The summed E-state index contributed by atoms with van der Waals surface area (Å²) in [7, 11) is 0. The Bertz CT molecular complexity index is 456. The number of H-pyrrole nitrogens is 1. The molecule has 0 spiro atoms. The van der Waals surface area contributed by atoms with E-state index in [-0.39, 0.29) is 5.33 Å². The summed E-state index contributed by atoms with van der Waals surface area (Å²) in [6.07, 6.45) is -8.14. The Kier molecular flexibility index (Phi) is 4.12. The smallest absolute Gasteiger partial charge is 0.389 e. The first-order valence-electron chi connectivity index (χ1n) is 4.10. The Morgan fingerprint density at radius 1 is 1.41 bits per heavy atom. The molecule has 96 valence electrons. The van der Waals surface area contributed by atoms with Gasteiger partial charge in [0.05, 0.1) is 0 Å². The predicted molar refractivity (Wildman–Crippen MR) is 51.3 cm³/mol. The number of aromatic amines is 1.